The number of carbonyl (C=O) groups is 2. The van der Waals surface area contributed by atoms with Crippen LogP contribution in [0.3, 0.4) is 0 Å². The number of carbonyl (C=O) groups excluding carboxylic acids is 2. The van der Waals surface area contributed by atoms with Gasteiger partial charge in [-0.1, -0.05) is 6.92 Å². The summed E-state index contributed by atoms with van der Waals surface area (Å²) in [4.78, 5) is 25.2. The molecule has 4 rings (SSSR count). The summed E-state index contributed by atoms with van der Waals surface area (Å²) in [6.45, 7) is 2.53. The van der Waals surface area contributed by atoms with E-state index in [1.54, 1.807) is 0 Å². The van der Waals surface area contributed by atoms with Crippen LogP contribution in [0.4, 0.5) is 4.39 Å². The summed E-state index contributed by atoms with van der Waals surface area (Å²) in [7, 11) is -2.83. The van der Waals surface area contributed by atoms with Crippen LogP contribution in [0.1, 0.15) is 58.3 Å². The van der Waals surface area contributed by atoms with Crippen molar-refractivity contribution in [3.63, 3.8) is 0 Å². The van der Waals surface area contributed by atoms with Crippen LogP contribution in [0.25, 0.3) is 0 Å². The number of fused-ring (bicyclic) bond motifs is 2. The Balaban J connectivity index is 1.43. The predicted molar refractivity (Wildman–Crippen MR) is 124 cm³/mol. The molecule has 8 nitrogen and oxygen atoms in total. The lowest BCUT2D eigenvalue weighted by Gasteiger charge is -2.49. The Kier molecular flexibility index (Phi) is 6.67. The van der Waals surface area contributed by atoms with Crippen molar-refractivity contribution in [2.45, 2.75) is 68.7 Å². The van der Waals surface area contributed by atoms with Crippen LogP contribution in [0.5, 0.6) is 5.75 Å². The maximum absolute atomic E-state index is 14.1. The molecule has 0 spiro atoms. The number of rotatable bonds is 8. The number of hydrogen-bond donors (Lipinski definition) is 3. The van der Waals surface area contributed by atoms with E-state index in [4.69, 9.17) is 10.5 Å². The largest absolute Gasteiger partial charge is 0.494 e. The highest BCUT2D eigenvalue weighted by molar-refractivity contribution is 7.89. The monoisotopic (exact) mass is 495 g/mol. The Hall–Kier alpha value is -2.20. The minimum absolute atomic E-state index is 0.0598. The van der Waals surface area contributed by atoms with Gasteiger partial charge in [-0.25, -0.2) is 12.8 Å². The Bertz CT molecular complexity index is 1070. The normalized spacial score (nSPS) is 30.1. The van der Waals surface area contributed by atoms with Crippen LogP contribution in [0, 0.1) is 29.0 Å². The molecule has 188 valence electrons. The van der Waals surface area contributed by atoms with Crippen LogP contribution in [0.2, 0.25) is 0 Å². The van der Waals surface area contributed by atoms with Crippen molar-refractivity contribution in [3.05, 3.63) is 24.0 Å². The fourth-order valence-corrected chi connectivity index (χ4v) is 7.83. The predicted octanol–water partition coefficient (Wildman–Crippen LogP) is 2.47. The van der Waals surface area contributed by atoms with Gasteiger partial charge in [0, 0.05) is 12.0 Å². The standard InChI is InChI=1S/C24H34FN3O5S/c1-15-8-16-9-17(13-23(11-15,12-16)21(26)29)14-27-22(30)24(6-3-7-24)28-34(31,32)18-4-5-20(33-2)19(25)10-18/h4-5,10,15-17,28H,3,6-9,11-14H2,1-2H3,(H2,26,29)(H,27,30). The molecule has 3 aliphatic carbocycles. The molecule has 2 amide bonds. The summed E-state index contributed by atoms with van der Waals surface area (Å²) in [6, 6.07) is 3.38. The first-order chi connectivity index (χ1) is 16.0. The Morgan fingerprint density at radius 2 is 1.94 bits per heavy atom. The van der Waals surface area contributed by atoms with E-state index in [0.29, 0.717) is 44.1 Å². The van der Waals surface area contributed by atoms with Crippen molar-refractivity contribution in [2.24, 2.45) is 28.9 Å². The molecule has 10 heteroatoms. The molecule has 0 aliphatic heterocycles. The molecule has 2 bridgehead atoms. The fourth-order valence-electron chi connectivity index (χ4n) is 6.39. The number of sulfonamides is 1. The number of ether oxygens (including phenoxy) is 1. The van der Waals surface area contributed by atoms with Gasteiger partial charge in [0.15, 0.2) is 11.6 Å². The lowest BCUT2D eigenvalue weighted by Crippen LogP contribution is -2.63. The SMILES string of the molecule is COc1ccc(S(=O)(=O)NC2(C(=O)NCC3CC4CC(C)CC(C(N)=O)(C3)C4)CCC2)cc1F. The molecule has 34 heavy (non-hydrogen) atoms. The Morgan fingerprint density at radius 3 is 2.53 bits per heavy atom. The van der Waals surface area contributed by atoms with Gasteiger partial charge >= 0.3 is 0 Å². The van der Waals surface area contributed by atoms with E-state index < -0.39 is 26.8 Å². The van der Waals surface area contributed by atoms with Crippen molar-refractivity contribution in [2.75, 3.05) is 13.7 Å². The van der Waals surface area contributed by atoms with Crippen LogP contribution in [0.15, 0.2) is 23.1 Å². The molecule has 1 aromatic carbocycles. The summed E-state index contributed by atoms with van der Waals surface area (Å²) in [6.07, 6.45) is 5.67. The van der Waals surface area contributed by atoms with Crippen molar-refractivity contribution in [1.29, 1.82) is 0 Å². The Labute approximate surface area is 200 Å². The average molecular weight is 496 g/mol. The number of methoxy groups -OCH3 is 1. The summed E-state index contributed by atoms with van der Waals surface area (Å²) in [5, 5.41) is 2.94. The third kappa shape index (κ3) is 4.66. The first-order valence-electron chi connectivity index (χ1n) is 11.9. The van der Waals surface area contributed by atoms with Gasteiger partial charge in [0.05, 0.1) is 12.0 Å². The van der Waals surface area contributed by atoms with Gasteiger partial charge in [-0.2, -0.15) is 4.72 Å². The molecule has 4 unspecified atom stereocenters. The van der Waals surface area contributed by atoms with E-state index in [1.165, 1.54) is 19.2 Å². The highest BCUT2D eigenvalue weighted by Crippen LogP contribution is 2.52. The quantitative estimate of drug-likeness (QED) is 0.511. The van der Waals surface area contributed by atoms with Gasteiger partial charge in [-0.05, 0) is 87.3 Å². The maximum atomic E-state index is 14.1. The van der Waals surface area contributed by atoms with Gasteiger partial charge in [-0.3, -0.25) is 9.59 Å². The highest BCUT2D eigenvalue weighted by Gasteiger charge is 2.50. The second-order valence-corrected chi connectivity index (χ2v) is 12.3. The van der Waals surface area contributed by atoms with E-state index in [9.17, 15) is 22.4 Å². The number of amides is 2. The number of primary amides is 1. The minimum atomic E-state index is -4.12. The molecule has 0 saturated heterocycles. The van der Waals surface area contributed by atoms with Gasteiger partial charge in [0.1, 0.15) is 5.54 Å². The molecular weight excluding hydrogens is 461 g/mol. The fraction of sp³-hybridized carbons (Fsp3) is 0.667. The number of benzene rings is 1. The van der Waals surface area contributed by atoms with Gasteiger partial charge in [0.2, 0.25) is 21.8 Å². The molecule has 0 heterocycles. The second-order valence-electron chi connectivity index (χ2n) is 10.6. The average Bonchev–Trinajstić information content (AvgIpc) is 2.73. The van der Waals surface area contributed by atoms with E-state index in [1.807, 2.05) is 0 Å². The van der Waals surface area contributed by atoms with Crippen LogP contribution in [-0.2, 0) is 19.6 Å². The molecule has 1 aromatic rings. The first-order valence-corrected chi connectivity index (χ1v) is 13.4. The zero-order valence-corrected chi connectivity index (χ0v) is 20.5. The Morgan fingerprint density at radius 1 is 1.21 bits per heavy atom. The zero-order chi connectivity index (χ0) is 24.7. The van der Waals surface area contributed by atoms with Crippen molar-refractivity contribution in [1.82, 2.24) is 10.0 Å². The van der Waals surface area contributed by atoms with E-state index in [2.05, 4.69) is 17.0 Å². The smallest absolute Gasteiger partial charge is 0.241 e. The van der Waals surface area contributed by atoms with Gasteiger partial charge in [0.25, 0.3) is 0 Å². The summed E-state index contributed by atoms with van der Waals surface area (Å²) in [5.74, 6) is -0.505. The van der Waals surface area contributed by atoms with Crippen LogP contribution < -0.4 is 20.5 Å². The lowest BCUT2D eigenvalue weighted by molar-refractivity contribution is -0.136. The first kappa shape index (κ1) is 24.9. The molecule has 3 saturated carbocycles. The van der Waals surface area contributed by atoms with Gasteiger partial charge < -0.3 is 15.8 Å². The summed E-state index contributed by atoms with van der Waals surface area (Å²) >= 11 is 0. The minimum Gasteiger partial charge on any atom is -0.494 e. The van der Waals surface area contributed by atoms with E-state index in [0.717, 1.165) is 31.7 Å². The topological polar surface area (TPSA) is 128 Å². The molecule has 3 aliphatic rings. The zero-order valence-electron chi connectivity index (χ0n) is 19.7. The van der Waals surface area contributed by atoms with E-state index in [-0.39, 0.29) is 28.4 Å². The third-order valence-electron chi connectivity index (χ3n) is 7.98. The summed E-state index contributed by atoms with van der Waals surface area (Å²) < 4.78 is 47.3. The molecule has 3 fully saturated rings. The molecule has 0 aromatic heterocycles. The molecule has 0 radical (unpaired) electrons. The number of hydrogen-bond acceptors (Lipinski definition) is 5. The van der Waals surface area contributed by atoms with Crippen molar-refractivity contribution in [3.8, 4) is 5.75 Å². The number of halogens is 1. The third-order valence-corrected chi connectivity index (χ3v) is 9.51. The molecular formula is C24H34FN3O5S. The molecule has 4 N–H and O–H groups in total. The number of nitrogens with two attached hydrogens (primary N) is 1. The summed E-state index contributed by atoms with van der Waals surface area (Å²) in [5.41, 5.74) is 4.04. The van der Waals surface area contributed by atoms with Gasteiger partial charge in [-0.15, -0.1) is 0 Å². The highest BCUT2D eigenvalue weighted by atomic mass is 32.2. The van der Waals surface area contributed by atoms with Crippen molar-refractivity contribution >= 4 is 21.8 Å². The lowest BCUT2D eigenvalue weighted by atomic mass is 9.56. The number of nitrogens with one attached hydrogen (secondary N) is 2. The second kappa shape index (κ2) is 9.11. The molecule has 4 atom stereocenters. The van der Waals surface area contributed by atoms with Crippen LogP contribution in [-0.4, -0.2) is 39.4 Å². The van der Waals surface area contributed by atoms with E-state index >= 15 is 0 Å². The van der Waals surface area contributed by atoms with Crippen LogP contribution >= 0.6 is 0 Å². The maximum Gasteiger partial charge on any atom is 0.241 e. The van der Waals surface area contributed by atoms with Crippen molar-refractivity contribution < 1.29 is 27.1 Å².